The summed E-state index contributed by atoms with van der Waals surface area (Å²) in [4.78, 5) is 18.9. The molecule has 0 spiro atoms. The van der Waals surface area contributed by atoms with E-state index in [1.165, 1.54) is 5.56 Å². The van der Waals surface area contributed by atoms with Crippen molar-refractivity contribution in [3.8, 4) is 11.3 Å². The molecule has 0 amide bonds. The van der Waals surface area contributed by atoms with Crippen LogP contribution in [0.1, 0.15) is 58.1 Å². The molecule has 3 aromatic rings. The summed E-state index contributed by atoms with van der Waals surface area (Å²) in [6.07, 6.45) is 3.87. The number of hydrogen-bond acceptors (Lipinski definition) is 4. The molecule has 1 aromatic carbocycles. The van der Waals surface area contributed by atoms with E-state index < -0.39 is 0 Å². The lowest BCUT2D eigenvalue weighted by Crippen LogP contribution is -2.37. The molecule has 0 unspecified atom stereocenters. The molecule has 0 N–H and O–H groups in total. The highest BCUT2D eigenvalue weighted by molar-refractivity contribution is 7.99. The van der Waals surface area contributed by atoms with Crippen molar-refractivity contribution < 1.29 is 0 Å². The van der Waals surface area contributed by atoms with E-state index in [9.17, 15) is 4.79 Å². The first-order valence-electron chi connectivity index (χ1n) is 10.3. The Morgan fingerprint density at radius 3 is 2.71 bits per heavy atom. The molecular formula is C22H28N4OS. The third kappa shape index (κ3) is 2.89. The maximum Gasteiger partial charge on any atom is 0.265 e. The molecule has 2 heterocycles. The van der Waals surface area contributed by atoms with E-state index in [0.717, 1.165) is 60.0 Å². The molecule has 5 nitrogen and oxygen atoms in total. The van der Waals surface area contributed by atoms with Crippen LogP contribution in [-0.4, -0.2) is 24.9 Å². The quantitative estimate of drug-likeness (QED) is 0.567. The molecule has 1 aliphatic rings. The fraction of sp³-hybridized carbons (Fsp3) is 0.500. The van der Waals surface area contributed by atoms with Gasteiger partial charge in [-0.1, -0.05) is 70.1 Å². The molecule has 2 aromatic heterocycles. The van der Waals surface area contributed by atoms with Crippen LogP contribution in [0.4, 0.5) is 0 Å². The molecule has 0 bridgehead atoms. The van der Waals surface area contributed by atoms with Gasteiger partial charge in [-0.25, -0.2) is 14.1 Å². The number of aromatic nitrogens is 4. The van der Waals surface area contributed by atoms with E-state index in [4.69, 9.17) is 10.1 Å². The zero-order valence-electron chi connectivity index (χ0n) is 17.2. The first-order chi connectivity index (χ1) is 13.5. The number of rotatable bonds is 6. The zero-order chi connectivity index (χ0) is 19.9. The second kappa shape index (κ2) is 7.39. The van der Waals surface area contributed by atoms with Gasteiger partial charge in [0.1, 0.15) is 0 Å². The van der Waals surface area contributed by atoms with Crippen molar-refractivity contribution in [1.82, 2.24) is 19.2 Å². The predicted octanol–water partition coefficient (Wildman–Crippen LogP) is 4.69. The highest BCUT2D eigenvalue weighted by Gasteiger charge is 2.38. The van der Waals surface area contributed by atoms with E-state index in [2.05, 4.69) is 45.9 Å². The van der Waals surface area contributed by atoms with E-state index in [-0.39, 0.29) is 11.0 Å². The summed E-state index contributed by atoms with van der Waals surface area (Å²) in [6, 6.07) is 8.38. The van der Waals surface area contributed by atoms with Crippen LogP contribution < -0.4 is 5.56 Å². The van der Waals surface area contributed by atoms with E-state index in [1.807, 2.05) is 10.7 Å². The Kier molecular flexibility index (Phi) is 5.08. The van der Waals surface area contributed by atoms with Gasteiger partial charge in [0.15, 0.2) is 5.16 Å². The average molecular weight is 397 g/mol. The number of unbranched alkanes of at least 4 members (excludes halogenated alkanes) is 1. The van der Waals surface area contributed by atoms with Gasteiger partial charge in [0.2, 0.25) is 5.78 Å². The maximum atomic E-state index is 13.8. The molecule has 0 aliphatic heterocycles. The van der Waals surface area contributed by atoms with Crippen molar-refractivity contribution in [2.75, 3.05) is 5.75 Å². The maximum absolute atomic E-state index is 13.8. The van der Waals surface area contributed by atoms with Gasteiger partial charge < -0.3 is 0 Å². The monoisotopic (exact) mass is 396 g/mol. The highest BCUT2D eigenvalue weighted by atomic mass is 32.2. The third-order valence-corrected chi connectivity index (χ3v) is 6.74. The third-order valence-electron chi connectivity index (χ3n) is 5.93. The summed E-state index contributed by atoms with van der Waals surface area (Å²) < 4.78 is 3.67. The van der Waals surface area contributed by atoms with Crippen LogP contribution in [0.5, 0.6) is 0 Å². The summed E-state index contributed by atoms with van der Waals surface area (Å²) in [6.45, 7) is 9.40. The lowest BCUT2D eigenvalue weighted by molar-refractivity contribution is 0.439. The van der Waals surface area contributed by atoms with E-state index in [1.54, 1.807) is 16.2 Å². The summed E-state index contributed by atoms with van der Waals surface area (Å²) in [5.41, 5.74) is 3.90. The Morgan fingerprint density at radius 1 is 1.21 bits per heavy atom. The van der Waals surface area contributed by atoms with Crippen molar-refractivity contribution in [2.24, 2.45) is 0 Å². The van der Waals surface area contributed by atoms with Gasteiger partial charge in [0.05, 0.1) is 11.3 Å². The number of thioether (sulfide) groups is 1. The first kappa shape index (κ1) is 19.2. The van der Waals surface area contributed by atoms with Gasteiger partial charge in [-0.15, -0.1) is 5.10 Å². The van der Waals surface area contributed by atoms with Gasteiger partial charge in [-0.05, 0) is 30.6 Å². The smallest absolute Gasteiger partial charge is 0.265 e. The van der Waals surface area contributed by atoms with Crippen molar-refractivity contribution in [3.63, 3.8) is 0 Å². The lowest BCUT2D eigenvalue weighted by Gasteiger charge is -2.35. The minimum atomic E-state index is -0.214. The van der Waals surface area contributed by atoms with E-state index in [0.29, 0.717) is 5.78 Å². The van der Waals surface area contributed by atoms with Crippen LogP contribution >= 0.6 is 11.8 Å². The van der Waals surface area contributed by atoms with Crippen molar-refractivity contribution in [2.45, 2.75) is 70.5 Å². The van der Waals surface area contributed by atoms with Crippen LogP contribution in [0, 0.1) is 0 Å². The minimum Gasteiger partial charge on any atom is -0.268 e. The number of hydrogen-bond donors (Lipinski definition) is 0. The van der Waals surface area contributed by atoms with Crippen molar-refractivity contribution in [1.29, 1.82) is 0 Å². The summed E-state index contributed by atoms with van der Waals surface area (Å²) in [5.74, 6) is 1.54. The molecular weight excluding hydrogens is 368 g/mol. The number of benzene rings is 1. The van der Waals surface area contributed by atoms with Crippen LogP contribution in [0.15, 0.2) is 34.2 Å². The minimum absolute atomic E-state index is 0.0533. The molecule has 0 radical (unpaired) electrons. The van der Waals surface area contributed by atoms with E-state index >= 15 is 0 Å². The number of nitrogens with zero attached hydrogens (tertiary/aromatic N) is 4. The molecule has 0 fully saturated rings. The van der Waals surface area contributed by atoms with Crippen molar-refractivity contribution in [3.05, 3.63) is 45.7 Å². The van der Waals surface area contributed by atoms with Crippen LogP contribution in [0.25, 0.3) is 17.0 Å². The Hall–Kier alpha value is -2.08. The van der Waals surface area contributed by atoms with Crippen molar-refractivity contribution >= 4 is 17.5 Å². The summed E-state index contributed by atoms with van der Waals surface area (Å²) in [7, 11) is 0. The summed E-state index contributed by atoms with van der Waals surface area (Å²) >= 11 is 1.61. The lowest BCUT2D eigenvalue weighted by atomic mass is 9.69. The van der Waals surface area contributed by atoms with Crippen LogP contribution in [0.2, 0.25) is 0 Å². The average Bonchev–Trinajstić information content (AvgIpc) is 3.04. The molecule has 148 valence electrons. The Balaban J connectivity index is 2.08. The fourth-order valence-electron chi connectivity index (χ4n) is 4.18. The predicted molar refractivity (Wildman–Crippen MR) is 115 cm³/mol. The molecule has 6 heteroatoms. The first-order valence-corrected chi connectivity index (χ1v) is 11.3. The Labute approximate surface area is 170 Å². The zero-order valence-corrected chi connectivity index (χ0v) is 18.0. The van der Waals surface area contributed by atoms with Crippen LogP contribution in [0.3, 0.4) is 0 Å². The molecule has 0 saturated carbocycles. The molecule has 1 atom stereocenters. The normalized spacial score (nSPS) is 18.3. The standard InChI is InChI=1S/C22H28N4OS/c1-5-8-13-25-20-23-18-16-12-10-9-11-15(16)14-22(4,6-2)17(18)19(27)26(20)21(24-25)28-7-3/h9-12H,5-8,13-14H2,1-4H3/t22-/m0/s1. The molecule has 4 rings (SSSR count). The number of aryl methyl sites for hydroxylation is 1. The second-order valence-electron chi connectivity index (χ2n) is 7.82. The van der Waals surface area contributed by atoms with Gasteiger partial charge in [-0.3, -0.25) is 4.79 Å². The van der Waals surface area contributed by atoms with Gasteiger partial charge in [0.25, 0.3) is 5.56 Å². The SMILES string of the molecule is CCCCn1nc(SCC)n2c(=O)c3c(nc12)-c1ccccc1C[C@]3(C)CC. The highest BCUT2D eigenvalue weighted by Crippen LogP contribution is 2.42. The topological polar surface area (TPSA) is 52.2 Å². The Bertz CT molecular complexity index is 1080. The number of fused-ring (bicyclic) bond motifs is 4. The Morgan fingerprint density at radius 2 is 2.00 bits per heavy atom. The summed E-state index contributed by atoms with van der Waals surface area (Å²) in [5, 5.41) is 5.51. The van der Waals surface area contributed by atoms with Gasteiger partial charge in [0, 0.05) is 17.5 Å². The molecule has 28 heavy (non-hydrogen) atoms. The molecule has 0 saturated heterocycles. The largest absolute Gasteiger partial charge is 0.268 e. The van der Waals surface area contributed by atoms with Gasteiger partial charge in [-0.2, -0.15) is 0 Å². The van der Waals surface area contributed by atoms with Gasteiger partial charge >= 0.3 is 0 Å². The fourth-order valence-corrected chi connectivity index (χ4v) is 4.89. The molecule has 1 aliphatic carbocycles. The second-order valence-corrected chi connectivity index (χ2v) is 9.05. The van der Waals surface area contributed by atoms with Crippen LogP contribution in [-0.2, 0) is 18.4 Å².